The highest BCUT2D eigenvalue weighted by Crippen LogP contribution is 2.11. The third-order valence-electron chi connectivity index (χ3n) is 3.05. The normalized spacial score (nSPS) is 10.8. The van der Waals surface area contributed by atoms with Crippen LogP contribution in [0.3, 0.4) is 0 Å². The van der Waals surface area contributed by atoms with E-state index in [2.05, 4.69) is 10.1 Å². The highest BCUT2D eigenvalue weighted by Gasteiger charge is 2.16. The molecule has 0 aliphatic heterocycles. The van der Waals surface area contributed by atoms with Crippen molar-refractivity contribution in [1.82, 2.24) is 19.5 Å². The maximum atomic E-state index is 12.3. The first-order valence-corrected chi connectivity index (χ1v) is 6.37. The molecule has 0 spiro atoms. The van der Waals surface area contributed by atoms with E-state index in [-0.39, 0.29) is 12.5 Å². The summed E-state index contributed by atoms with van der Waals surface area (Å²) in [7, 11) is 1.78. The van der Waals surface area contributed by atoms with Gasteiger partial charge >= 0.3 is 0 Å². The van der Waals surface area contributed by atoms with E-state index in [0.717, 1.165) is 24.8 Å². The molecule has 0 aliphatic carbocycles. The largest absolute Gasteiger partial charge is 0.396 e. The summed E-state index contributed by atoms with van der Waals surface area (Å²) in [6, 6.07) is 0. The molecule has 0 aliphatic rings. The second-order valence-corrected chi connectivity index (χ2v) is 4.48. The third-order valence-corrected chi connectivity index (χ3v) is 3.05. The van der Waals surface area contributed by atoms with Crippen molar-refractivity contribution in [3.8, 4) is 0 Å². The van der Waals surface area contributed by atoms with Crippen LogP contribution in [0.25, 0.3) is 5.52 Å². The molecule has 2 aromatic rings. The van der Waals surface area contributed by atoms with Crippen molar-refractivity contribution < 1.29 is 9.90 Å². The molecule has 6 nitrogen and oxygen atoms in total. The minimum Gasteiger partial charge on any atom is -0.396 e. The van der Waals surface area contributed by atoms with E-state index in [4.69, 9.17) is 5.11 Å². The molecule has 0 saturated carbocycles. The summed E-state index contributed by atoms with van der Waals surface area (Å²) in [6.45, 7) is 0.883. The molecule has 2 aromatic heterocycles. The van der Waals surface area contributed by atoms with Gasteiger partial charge in [0, 0.05) is 32.6 Å². The van der Waals surface area contributed by atoms with Crippen LogP contribution >= 0.6 is 0 Å². The molecule has 1 amide bonds. The van der Waals surface area contributed by atoms with Gasteiger partial charge in [-0.1, -0.05) is 0 Å². The van der Waals surface area contributed by atoms with Crippen LogP contribution in [0, 0.1) is 0 Å². The lowest BCUT2D eigenvalue weighted by Crippen LogP contribution is -2.27. The number of aliphatic hydroxyl groups excluding tert-OH is 1. The Morgan fingerprint density at radius 2 is 2.21 bits per heavy atom. The fraction of sp³-hybridized carbons (Fsp3) is 0.462. The van der Waals surface area contributed by atoms with Crippen LogP contribution in [0.15, 0.2) is 24.8 Å². The molecule has 2 rings (SSSR count). The summed E-state index contributed by atoms with van der Waals surface area (Å²) in [6.07, 6.45) is 9.15. The van der Waals surface area contributed by atoms with Gasteiger partial charge in [0.2, 0.25) is 0 Å². The van der Waals surface area contributed by atoms with Crippen molar-refractivity contribution in [1.29, 1.82) is 0 Å². The highest BCUT2D eigenvalue weighted by molar-refractivity contribution is 6.00. The molecular weight excluding hydrogens is 244 g/mol. The number of rotatable bonds is 6. The zero-order valence-electron chi connectivity index (χ0n) is 11.0. The van der Waals surface area contributed by atoms with E-state index in [0.29, 0.717) is 12.1 Å². The number of aliphatic hydroxyl groups is 1. The Morgan fingerprint density at radius 3 is 3.00 bits per heavy atom. The highest BCUT2D eigenvalue weighted by atomic mass is 16.2. The second kappa shape index (κ2) is 6.29. The fourth-order valence-electron chi connectivity index (χ4n) is 1.94. The predicted octanol–water partition coefficient (Wildman–Crippen LogP) is 0.964. The number of carbonyl (C=O) groups excluding carboxylic acids is 1. The molecule has 0 aromatic carbocycles. The van der Waals surface area contributed by atoms with Gasteiger partial charge in [-0.05, 0) is 19.3 Å². The fourth-order valence-corrected chi connectivity index (χ4v) is 1.94. The van der Waals surface area contributed by atoms with Crippen LogP contribution in [0.5, 0.6) is 0 Å². The molecule has 0 unspecified atom stereocenters. The van der Waals surface area contributed by atoms with E-state index in [1.807, 2.05) is 0 Å². The van der Waals surface area contributed by atoms with Gasteiger partial charge in [-0.25, -0.2) is 4.52 Å². The van der Waals surface area contributed by atoms with Crippen LogP contribution in [0.1, 0.15) is 29.6 Å². The molecule has 1 N–H and O–H groups in total. The molecule has 6 heteroatoms. The van der Waals surface area contributed by atoms with Crippen LogP contribution in [-0.4, -0.2) is 50.7 Å². The van der Waals surface area contributed by atoms with Gasteiger partial charge in [0.05, 0.1) is 23.5 Å². The average molecular weight is 262 g/mol. The van der Waals surface area contributed by atoms with Crippen molar-refractivity contribution in [2.24, 2.45) is 0 Å². The number of carbonyl (C=O) groups is 1. The summed E-state index contributed by atoms with van der Waals surface area (Å²) in [4.78, 5) is 18.0. The standard InChI is InChI=1S/C13H18N4O2/c1-16(6-3-2-4-8-18)13(19)11-9-15-17-7-5-14-10-12(11)17/h5,7,9-10,18H,2-4,6,8H2,1H3. The molecule has 2 heterocycles. The first-order valence-electron chi connectivity index (χ1n) is 6.37. The number of hydrogen-bond acceptors (Lipinski definition) is 4. The smallest absolute Gasteiger partial charge is 0.257 e. The number of amides is 1. The van der Waals surface area contributed by atoms with Crippen LogP contribution in [0.2, 0.25) is 0 Å². The zero-order chi connectivity index (χ0) is 13.7. The Balaban J connectivity index is 2.02. The van der Waals surface area contributed by atoms with Gasteiger partial charge in [-0.2, -0.15) is 5.10 Å². The summed E-state index contributed by atoms with van der Waals surface area (Å²) >= 11 is 0. The van der Waals surface area contributed by atoms with Gasteiger partial charge in [-0.15, -0.1) is 0 Å². The molecule has 0 bridgehead atoms. The SMILES string of the molecule is CN(CCCCCO)C(=O)c1cnn2ccncc12. The van der Waals surface area contributed by atoms with Gasteiger partial charge < -0.3 is 10.0 Å². The van der Waals surface area contributed by atoms with Crippen LogP contribution in [0.4, 0.5) is 0 Å². The topological polar surface area (TPSA) is 70.7 Å². The molecule has 0 radical (unpaired) electrons. The average Bonchev–Trinajstić information content (AvgIpc) is 2.86. The summed E-state index contributed by atoms with van der Waals surface area (Å²) in [5, 5.41) is 12.8. The van der Waals surface area contributed by atoms with Gasteiger partial charge in [0.25, 0.3) is 5.91 Å². The van der Waals surface area contributed by atoms with Crippen LogP contribution in [-0.2, 0) is 0 Å². The van der Waals surface area contributed by atoms with Crippen molar-refractivity contribution >= 4 is 11.4 Å². The molecule has 0 saturated heterocycles. The Morgan fingerprint density at radius 1 is 1.37 bits per heavy atom. The van der Waals surface area contributed by atoms with E-state index < -0.39 is 0 Å². The first-order chi connectivity index (χ1) is 9.24. The quantitative estimate of drug-likeness (QED) is 0.787. The molecule has 0 fully saturated rings. The lowest BCUT2D eigenvalue weighted by atomic mass is 10.2. The minimum absolute atomic E-state index is 0.0491. The van der Waals surface area contributed by atoms with Crippen molar-refractivity contribution in [2.45, 2.75) is 19.3 Å². The molecule has 0 atom stereocenters. The Bertz CT molecular complexity index is 552. The van der Waals surface area contributed by atoms with Crippen molar-refractivity contribution in [2.75, 3.05) is 20.2 Å². The van der Waals surface area contributed by atoms with Crippen molar-refractivity contribution in [3.63, 3.8) is 0 Å². The minimum atomic E-state index is -0.0491. The number of fused-ring (bicyclic) bond motifs is 1. The van der Waals surface area contributed by atoms with Gasteiger partial charge in [0.1, 0.15) is 0 Å². The summed E-state index contributed by atoms with van der Waals surface area (Å²) < 4.78 is 1.64. The number of hydrogen-bond donors (Lipinski definition) is 1. The van der Waals surface area contributed by atoms with Crippen LogP contribution < -0.4 is 0 Å². The first kappa shape index (κ1) is 13.5. The monoisotopic (exact) mass is 262 g/mol. The zero-order valence-corrected chi connectivity index (χ0v) is 11.0. The van der Waals surface area contributed by atoms with E-state index in [1.54, 1.807) is 41.3 Å². The number of nitrogens with zero attached hydrogens (tertiary/aromatic N) is 4. The predicted molar refractivity (Wildman–Crippen MR) is 70.9 cm³/mol. The molecular formula is C13H18N4O2. The lowest BCUT2D eigenvalue weighted by molar-refractivity contribution is 0.0794. The summed E-state index contributed by atoms with van der Waals surface area (Å²) in [5.41, 5.74) is 1.28. The maximum Gasteiger partial charge on any atom is 0.257 e. The third kappa shape index (κ3) is 3.08. The maximum absolute atomic E-state index is 12.3. The number of aromatic nitrogens is 3. The Hall–Kier alpha value is -1.95. The Labute approximate surface area is 111 Å². The molecule has 19 heavy (non-hydrogen) atoms. The van der Waals surface area contributed by atoms with E-state index in [1.165, 1.54) is 0 Å². The number of unbranched alkanes of at least 4 members (excludes halogenated alkanes) is 2. The Kier molecular flexibility index (Phi) is 4.46. The van der Waals surface area contributed by atoms with E-state index >= 15 is 0 Å². The van der Waals surface area contributed by atoms with E-state index in [9.17, 15) is 4.79 Å². The van der Waals surface area contributed by atoms with Gasteiger partial charge in [0.15, 0.2) is 0 Å². The second-order valence-electron chi connectivity index (χ2n) is 4.48. The summed E-state index contributed by atoms with van der Waals surface area (Å²) in [5.74, 6) is -0.0491. The molecule has 102 valence electrons. The van der Waals surface area contributed by atoms with Gasteiger partial charge in [-0.3, -0.25) is 9.78 Å². The van der Waals surface area contributed by atoms with Crippen molar-refractivity contribution in [3.05, 3.63) is 30.4 Å². The lowest BCUT2D eigenvalue weighted by Gasteiger charge is -2.16.